The fourth-order valence-corrected chi connectivity index (χ4v) is 1.36. The Bertz CT molecular complexity index is 417. The second-order valence-electron chi connectivity index (χ2n) is 3.65. The highest BCUT2D eigenvalue weighted by Crippen LogP contribution is 2.20. The molecule has 0 spiro atoms. The average molecular weight is 275 g/mol. The molecular weight excluding hydrogens is 260 g/mol. The van der Waals surface area contributed by atoms with E-state index in [0.717, 1.165) is 12.1 Å². The van der Waals surface area contributed by atoms with E-state index in [2.05, 4.69) is 5.32 Å². The van der Waals surface area contributed by atoms with Crippen LogP contribution in [0.4, 0.5) is 14.5 Å². The van der Waals surface area contributed by atoms with Crippen LogP contribution in [0.5, 0.6) is 0 Å². The lowest BCUT2D eigenvalue weighted by Gasteiger charge is -2.10. The summed E-state index contributed by atoms with van der Waals surface area (Å²) in [6.07, 6.45) is 0. The van der Waals surface area contributed by atoms with E-state index < -0.39 is 23.2 Å². The molecule has 5 nitrogen and oxygen atoms in total. The standard InChI is InChI=1S/C12H15F2NO4/c1-18-4-5-19-3-2-15-11-9(13)6-8(12(16)17)7-10(11)14/h6-7,15H,2-5H2,1H3,(H,16,17). The lowest BCUT2D eigenvalue weighted by molar-refractivity contribution is 0.0695. The van der Waals surface area contributed by atoms with Crippen molar-refractivity contribution in [3.63, 3.8) is 0 Å². The van der Waals surface area contributed by atoms with Crippen molar-refractivity contribution in [1.29, 1.82) is 0 Å². The summed E-state index contributed by atoms with van der Waals surface area (Å²) in [5.41, 5.74) is -0.794. The fourth-order valence-electron chi connectivity index (χ4n) is 1.36. The van der Waals surface area contributed by atoms with Crippen LogP contribution in [0.15, 0.2) is 12.1 Å². The van der Waals surface area contributed by atoms with Crippen LogP contribution in [0.1, 0.15) is 10.4 Å². The predicted molar refractivity (Wildman–Crippen MR) is 64.5 cm³/mol. The molecule has 0 unspecified atom stereocenters. The molecule has 0 atom stereocenters. The van der Waals surface area contributed by atoms with E-state index in [1.807, 2.05) is 0 Å². The van der Waals surface area contributed by atoms with Gasteiger partial charge in [0.25, 0.3) is 0 Å². The minimum atomic E-state index is -1.38. The first-order valence-corrected chi connectivity index (χ1v) is 5.59. The van der Waals surface area contributed by atoms with Crippen molar-refractivity contribution in [1.82, 2.24) is 0 Å². The van der Waals surface area contributed by atoms with Gasteiger partial charge in [0, 0.05) is 13.7 Å². The molecule has 1 aromatic rings. The SMILES string of the molecule is COCCOCCNc1c(F)cc(C(=O)O)cc1F. The first kappa shape index (κ1) is 15.3. The Hall–Kier alpha value is -1.73. The van der Waals surface area contributed by atoms with E-state index >= 15 is 0 Å². The van der Waals surface area contributed by atoms with Gasteiger partial charge >= 0.3 is 5.97 Å². The van der Waals surface area contributed by atoms with Gasteiger partial charge in [-0.3, -0.25) is 0 Å². The Morgan fingerprint density at radius 3 is 2.42 bits per heavy atom. The fraction of sp³-hybridized carbons (Fsp3) is 0.417. The summed E-state index contributed by atoms with van der Waals surface area (Å²) in [4.78, 5) is 10.6. The molecule has 0 amide bonds. The van der Waals surface area contributed by atoms with Gasteiger partial charge in [0.2, 0.25) is 0 Å². The molecule has 0 aliphatic rings. The Labute approximate surface area is 109 Å². The molecule has 0 aliphatic heterocycles. The first-order chi connectivity index (χ1) is 9.06. The molecule has 0 fully saturated rings. The summed E-state index contributed by atoms with van der Waals surface area (Å²) in [7, 11) is 1.54. The molecule has 0 saturated carbocycles. The number of nitrogens with one attached hydrogen (secondary N) is 1. The van der Waals surface area contributed by atoms with Gasteiger partial charge in [0.05, 0.1) is 25.4 Å². The zero-order chi connectivity index (χ0) is 14.3. The van der Waals surface area contributed by atoms with Gasteiger partial charge in [-0.2, -0.15) is 0 Å². The minimum Gasteiger partial charge on any atom is -0.478 e. The van der Waals surface area contributed by atoms with Crippen molar-refractivity contribution in [2.24, 2.45) is 0 Å². The number of halogens is 2. The molecular formula is C12H15F2NO4. The van der Waals surface area contributed by atoms with Crippen molar-refractivity contribution >= 4 is 11.7 Å². The Kier molecular flexibility index (Phi) is 6.17. The molecule has 1 rings (SSSR count). The number of ether oxygens (including phenoxy) is 2. The highest BCUT2D eigenvalue weighted by molar-refractivity contribution is 5.88. The number of rotatable bonds is 8. The zero-order valence-electron chi connectivity index (χ0n) is 10.4. The van der Waals surface area contributed by atoms with E-state index in [1.54, 1.807) is 0 Å². The molecule has 7 heteroatoms. The third kappa shape index (κ3) is 4.80. The summed E-state index contributed by atoms with van der Waals surface area (Å²) in [6.45, 7) is 1.28. The largest absolute Gasteiger partial charge is 0.478 e. The Morgan fingerprint density at radius 1 is 1.26 bits per heavy atom. The maximum absolute atomic E-state index is 13.5. The van der Waals surface area contributed by atoms with Gasteiger partial charge in [0.15, 0.2) is 0 Å². The number of anilines is 1. The molecule has 106 valence electrons. The van der Waals surface area contributed by atoms with Gasteiger partial charge in [0.1, 0.15) is 17.3 Å². The van der Waals surface area contributed by atoms with E-state index in [1.165, 1.54) is 7.11 Å². The van der Waals surface area contributed by atoms with Crippen molar-refractivity contribution < 1.29 is 28.2 Å². The van der Waals surface area contributed by atoms with Gasteiger partial charge < -0.3 is 19.9 Å². The molecule has 0 saturated heterocycles. The van der Waals surface area contributed by atoms with E-state index in [0.29, 0.717) is 13.2 Å². The van der Waals surface area contributed by atoms with Crippen LogP contribution in [0.2, 0.25) is 0 Å². The molecule has 0 bridgehead atoms. The smallest absolute Gasteiger partial charge is 0.335 e. The normalized spacial score (nSPS) is 10.5. The summed E-state index contributed by atoms with van der Waals surface area (Å²) >= 11 is 0. The van der Waals surface area contributed by atoms with Crippen LogP contribution in [0.25, 0.3) is 0 Å². The molecule has 2 N–H and O–H groups in total. The Balaban J connectivity index is 2.52. The van der Waals surface area contributed by atoms with Crippen LogP contribution in [0, 0.1) is 11.6 Å². The summed E-state index contributed by atoms with van der Waals surface area (Å²) in [5, 5.41) is 11.2. The van der Waals surface area contributed by atoms with Crippen molar-refractivity contribution in [2.75, 3.05) is 38.8 Å². The van der Waals surface area contributed by atoms with Crippen LogP contribution >= 0.6 is 0 Å². The van der Waals surface area contributed by atoms with Crippen LogP contribution in [-0.2, 0) is 9.47 Å². The molecule has 0 radical (unpaired) electrons. The van der Waals surface area contributed by atoms with E-state index in [4.69, 9.17) is 14.6 Å². The molecule has 1 aromatic carbocycles. The number of aromatic carboxylic acids is 1. The second kappa shape index (κ2) is 7.65. The molecule has 0 aliphatic carbocycles. The minimum absolute atomic E-state index is 0.198. The number of carboxylic acids is 1. The number of hydrogen-bond donors (Lipinski definition) is 2. The van der Waals surface area contributed by atoms with Crippen LogP contribution in [0.3, 0.4) is 0 Å². The van der Waals surface area contributed by atoms with Gasteiger partial charge in [-0.15, -0.1) is 0 Å². The number of carboxylic acid groups (broad SMARTS) is 1. The van der Waals surface area contributed by atoms with Gasteiger partial charge in [-0.05, 0) is 12.1 Å². The number of benzene rings is 1. The maximum atomic E-state index is 13.5. The van der Waals surface area contributed by atoms with Crippen molar-refractivity contribution in [2.45, 2.75) is 0 Å². The molecule has 0 aromatic heterocycles. The highest BCUT2D eigenvalue weighted by atomic mass is 19.1. The van der Waals surface area contributed by atoms with Crippen molar-refractivity contribution in [3.8, 4) is 0 Å². The lowest BCUT2D eigenvalue weighted by atomic mass is 10.2. The zero-order valence-corrected chi connectivity index (χ0v) is 10.4. The summed E-state index contributed by atoms with van der Waals surface area (Å²) in [5.74, 6) is -3.28. The third-order valence-corrected chi connectivity index (χ3v) is 2.27. The van der Waals surface area contributed by atoms with Crippen LogP contribution < -0.4 is 5.32 Å². The second-order valence-corrected chi connectivity index (χ2v) is 3.65. The predicted octanol–water partition coefficient (Wildman–Crippen LogP) is 1.74. The van der Waals surface area contributed by atoms with Gasteiger partial charge in [-0.1, -0.05) is 0 Å². The summed E-state index contributed by atoms with van der Waals surface area (Å²) in [6, 6.07) is 1.53. The van der Waals surface area contributed by atoms with E-state index in [9.17, 15) is 13.6 Å². The molecule has 0 heterocycles. The van der Waals surface area contributed by atoms with Crippen molar-refractivity contribution in [3.05, 3.63) is 29.3 Å². The lowest BCUT2D eigenvalue weighted by Crippen LogP contribution is -2.14. The van der Waals surface area contributed by atoms with Gasteiger partial charge in [-0.25, -0.2) is 13.6 Å². The first-order valence-electron chi connectivity index (χ1n) is 5.59. The third-order valence-electron chi connectivity index (χ3n) is 2.27. The quantitative estimate of drug-likeness (QED) is 0.707. The van der Waals surface area contributed by atoms with Crippen LogP contribution in [-0.4, -0.2) is 44.6 Å². The average Bonchev–Trinajstić information content (AvgIpc) is 2.35. The topological polar surface area (TPSA) is 67.8 Å². The number of carbonyl (C=O) groups is 1. The summed E-state index contributed by atoms with van der Waals surface area (Å²) < 4.78 is 36.8. The number of hydrogen-bond acceptors (Lipinski definition) is 4. The molecule has 19 heavy (non-hydrogen) atoms. The van der Waals surface area contributed by atoms with E-state index in [-0.39, 0.29) is 18.8 Å². The Morgan fingerprint density at radius 2 is 1.89 bits per heavy atom. The maximum Gasteiger partial charge on any atom is 0.335 e. The monoisotopic (exact) mass is 275 g/mol. The number of methoxy groups -OCH3 is 1. The highest BCUT2D eigenvalue weighted by Gasteiger charge is 2.14.